The van der Waals surface area contributed by atoms with Gasteiger partial charge in [-0.15, -0.1) is 0 Å². The molecule has 1 aliphatic heterocycles. The van der Waals surface area contributed by atoms with E-state index in [0.29, 0.717) is 11.3 Å². The van der Waals surface area contributed by atoms with Gasteiger partial charge in [0.15, 0.2) is 5.25 Å². The van der Waals surface area contributed by atoms with E-state index in [9.17, 15) is 18.3 Å². The molecule has 1 unspecified atom stereocenters. The van der Waals surface area contributed by atoms with Crippen LogP contribution in [-0.2, 0) is 21.2 Å². The smallest absolute Gasteiger partial charge is 0.327 e. The molecule has 1 aromatic carbocycles. The van der Waals surface area contributed by atoms with Crippen LogP contribution in [0.2, 0.25) is 0 Å². The molecule has 1 aliphatic rings. The third-order valence-electron chi connectivity index (χ3n) is 3.36. The molecule has 1 aromatic rings. The summed E-state index contributed by atoms with van der Waals surface area (Å²) in [4.78, 5) is 11.3. The Bertz CT molecular complexity index is 678. The van der Waals surface area contributed by atoms with Crippen molar-refractivity contribution in [3.63, 3.8) is 0 Å². The Morgan fingerprint density at radius 1 is 1.55 bits per heavy atom. The number of hydrogen-bond donors (Lipinski definition) is 1. The lowest BCUT2D eigenvalue weighted by Gasteiger charge is -2.26. The van der Waals surface area contributed by atoms with E-state index >= 15 is 0 Å². The molecule has 0 bridgehead atoms. The first-order chi connectivity index (χ1) is 9.43. The first-order valence-corrected chi connectivity index (χ1v) is 7.67. The number of anilines is 1. The van der Waals surface area contributed by atoms with Gasteiger partial charge in [-0.25, -0.2) is 13.2 Å². The number of nitrogens with zero attached hydrogens (tertiary/aromatic N) is 2. The maximum absolute atomic E-state index is 12.5. The van der Waals surface area contributed by atoms with Crippen LogP contribution in [0.4, 0.5) is 5.69 Å². The third-order valence-corrected chi connectivity index (χ3v) is 5.52. The molecule has 0 spiro atoms. The molecule has 0 aromatic heterocycles. The van der Waals surface area contributed by atoms with Gasteiger partial charge in [-0.1, -0.05) is 25.1 Å². The lowest BCUT2D eigenvalue weighted by Crippen LogP contribution is -2.46. The molecule has 20 heavy (non-hydrogen) atoms. The highest BCUT2D eigenvalue weighted by Crippen LogP contribution is 2.36. The Kier molecular flexibility index (Phi) is 3.68. The third kappa shape index (κ3) is 2.12. The zero-order chi connectivity index (χ0) is 14.9. The maximum atomic E-state index is 12.5. The number of fused-ring (bicyclic) bond motifs is 1. The Labute approximate surface area is 117 Å². The second-order valence-electron chi connectivity index (χ2n) is 4.55. The molecule has 0 radical (unpaired) electrons. The molecule has 2 atom stereocenters. The molecule has 1 heterocycles. The summed E-state index contributed by atoms with van der Waals surface area (Å²) in [5.41, 5.74) is 1.02. The van der Waals surface area contributed by atoms with E-state index in [1.54, 1.807) is 37.3 Å². The van der Waals surface area contributed by atoms with E-state index in [0.717, 1.165) is 4.31 Å². The summed E-state index contributed by atoms with van der Waals surface area (Å²) >= 11 is 0. The molecule has 6 nitrogen and oxygen atoms in total. The molecular weight excluding hydrogens is 280 g/mol. The van der Waals surface area contributed by atoms with Crippen LogP contribution in [0.15, 0.2) is 24.3 Å². The number of rotatable bonds is 4. The topological polar surface area (TPSA) is 98.5 Å². The highest BCUT2D eigenvalue weighted by Gasteiger charge is 2.44. The van der Waals surface area contributed by atoms with E-state index in [-0.39, 0.29) is 12.8 Å². The quantitative estimate of drug-likeness (QED) is 0.897. The van der Waals surface area contributed by atoms with E-state index in [1.807, 2.05) is 0 Å². The van der Waals surface area contributed by atoms with E-state index in [4.69, 9.17) is 5.26 Å². The van der Waals surface area contributed by atoms with Crippen molar-refractivity contribution >= 4 is 21.7 Å². The Balaban J connectivity index is 2.57. The number of carboxylic acids is 1. The largest absolute Gasteiger partial charge is 0.480 e. The number of benzene rings is 1. The first-order valence-electron chi connectivity index (χ1n) is 6.17. The number of para-hydroxylation sites is 1. The minimum absolute atomic E-state index is 0.115. The fraction of sp³-hybridized carbons (Fsp3) is 0.385. The van der Waals surface area contributed by atoms with Crippen LogP contribution in [0.1, 0.15) is 18.9 Å². The summed E-state index contributed by atoms with van der Waals surface area (Å²) in [6.07, 6.45) is 0.233. The Hall–Kier alpha value is -2.07. The second-order valence-corrected chi connectivity index (χ2v) is 6.55. The van der Waals surface area contributed by atoms with Gasteiger partial charge in [-0.2, -0.15) is 5.26 Å². The van der Waals surface area contributed by atoms with Gasteiger partial charge in [0.1, 0.15) is 6.04 Å². The van der Waals surface area contributed by atoms with Gasteiger partial charge in [0.25, 0.3) is 10.0 Å². The van der Waals surface area contributed by atoms with Gasteiger partial charge in [-0.3, -0.25) is 4.31 Å². The van der Waals surface area contributed by atoms with Crippen molar-refractivity contribution in [3.05, 3.63) is 29.8 Å². The normalized spacial score (nSPS) is 19.2. The Morgan fingerprint density at radius 3 is 2.75 bits per heavy atom. The summed E-state index contributed by atoms with van der Waals surface area (Å²) in [6.45, 7) is 1.59. The maximum Gasteiger partial charge on any atom is 0.327 e. The predicted octanol–water partition coefficient (Wildman–Crippen LogP) is 1.13. The molecule has 0 saturated carbocycles. The van der Waals surface area contributed by atoms with E-state index in [1.165, 1.54) is 0 Å². The number of hydrogen-bond acceptors (Lipinski definition) is 4. The molecule has 0 fully saturated rings. The van der Waals surface area contributed by atoms with Gasteiger partial charge in [0.2, 0.25) is 0 Å². The van der Waals surface area contributed by atoms with E-state index in [2.05, 4.69) is 0 Å². The molecule has 106 valence electrons. The van der Waals surface area contributed by atoms with Crippen LogP contribution < -0.4 is 4.31 Å². The highest BCUT2D eigenvalue weighted by atomic mass is 32.2. The SMILES string of the molecule is CCC(C#N)S(=O)(=O)N1c2ccccc2C[C@H]1C(=O)O. The minimum atomic E-state index is -4.02. The number of carbonyl (C=O) groups is 1. The van der Waals surface area contributed by atoms with Gasteiger partial charge in [0, 0.05) is 6.42 Å². The minimum Gasteiger partial charge on any atom is -0.480 e. The number of sulfonamides is 1. The number of nitriles is 1. The predicted molar refractivity (Wildman–Crippen MR) is 72.7 cm³/mol. The fourth-order valence-corrected chi connectivity index (χ4v) is 4.17. The van der Waals surface area contributed by atoms with E-state index < -0.39 is 27.3 Å². The molecule has 0 saturated heterocycles. The van der Waals surface area contributed by atoms with Crippen LogP contribution in [0.5, 0.6) is 0 Å². The zero-order valence-corrected chi connectivity index (χ0v) is 11.7. The lowest BCUT2D eigenvalue weighted by atomic mass is 10.1. The van der Waals surface area contributed by atoms with Crippen LogP contribution in [-0.4, -0.2) is 30.8 Å². The highest BCUT2D eigenvalue weighted by molar-refractivity contribution is 7.93. The average molecular weight is 294 g/mol. The Morgan fingerprint density at radius 2 is 2.20 bits per heavy atom. The zero-order valence-electron chi connectivity index (χ0n) is 10.9. The van der Waals surface area contributed by atoms with Gasteiger partial charge in [-0.05, 0) is 18.1 Å². The van der Waals surface area contributed by atoms with Gasteiger partial charge in [0.05, 0.1) is 11.8 Å². The van der Waals surface area contributed by atoms with Crippen LogP contribution >= 0.6 is 0 Å². The fourth-order valence-electron chi connectivity index (χ4n) is 2.37. The van der Waals surface area contributed by atoms with Gasteiger partial charge < -0.3 is 5.11 Å². The standard InChI is InChI=1S/C13H14N2O4S/c1-2-10(8-14)20(18,19)15-11-6-4-3-5-9(11)7-12(15)13(16)17/h3-6,10,12H,2,7H2,1H3,(H,16,17)/t10?,12-/m0/s1. The summed E-state index contributed by atoms with van der Waals surface area (Å²) in [5.74, 6) is -1.21. The first kappa shape index (κ1) is 14.3. The lowest BCUT2D eigenvalue weighted by molar-refractivity contribution is -0.138. The van der Waals surface area contributed by atoms with Crippen LogP contribution in [0.25, 0.3) is 0 Å². The van der Waals surface area contributed by atoms with Crippen molar-refractivity contribution < 1.29 is 18.3 Å². The van der Waals surface area contributed by atoms with Crippen molar-refractivity contribution in [2.75, 3.05) is 4.31 Å². The summed E-state index contributed by atoms with van der Waals surface area (Å²) in [6, 6.07) is 7.21. The molecule has 7 heteroatoms. The number of aliphatic carboxylic acids is 1. The van der Waals surface area contributed by atoms with Crippen LogP contribution in [0, 0.1) is 11.3 Å². The van der Waals surface area contributed by atoms with Crippen molar-refractivity contribution in [1.29, 1.82) is 5.26 Å². The van der Waals surface area contributed by atoms with Crippen molar-refractivity contribution in [1.82, 2.24) is 0 Å². The molecule has 1 N–H and O–H groups in total. The summed E-state index contributed by atoms with van der Waals surface area (Å²) in [7, 11) is -4.02. The van der Waals surface area contributed by atoms with Crippen molar-refractivity contribution in [3.8, 4) is 6.07 Å². The molecule has 0 aliphatic carbocycles. The summed E-state index contributed by atoms with van der Waals surface area (Å²) in [5, 5.41) is 17.0. The monoisotopic (exact) mass is 294 g/mol. The molecule has 0 amide bonds. The number of carboxylic acid groups (broad SMARTS) is 1. The summed E-state index contributed by atoms with van der Waals surface area (Å²) < 4.78 is 25.9. The van der Waals surface area contributed by atoms with Gasteiger partial charge >= 0.3 is 5.97 Å². The van der Waals surface area contributed by atoms with Crippen molar-refractivity contribution in [2.24, 2.45) is 0 Å². The van der Waals surface area contributed by atoms with Crippen molar-refractivity contribution in [2.45, 2.75) is 31.1 Å². The second kappa shape index (κ2) is 5.13. The molecule has 2 rings (SSSR count). The molecular formula is C13H14N2O4S. The van der Waals surface area contributed by atoms with Crippen LogP contribution in [0.3, 0.4) is 0 Å². The average Bonchev–Trinajstić information content (AvgIpc) is 2.79.